The third-order valence-corrected chi connectivity index (χ3v) is 8.50. The molecule has 1 N–H and O–H groups in total. The zero-order valence-corrected chi connectivity index (χ0v) is 20.7. The number of sulfonamides is 1. The lowest BCUT2D eigenvalue weighted by atomic mass is 9.98. The Balaban J connectivity index is 1.36. The molecule has 0 spiro atoms. The summed E-state index contributed by atoms with van der Waals surface area (Å²) >= 11 is 0. The van der Waals surface area contributed by atoms with E-state index < -0.39 is 15.9 Å². The Morgan fingerprint density at radius 2 is 1.69 bits per heavy atom. The topological polar surface area (TPSA) is 96.0 Å². The predicted molar refractivity (Wildman–Crippen MR) is 135 cm³/mol. The summed E-state index contributed by atoms with van der Waals surface area (Å²) in [5, 5.41) is 2.90. The fourth-order valence-electron chi connectivity index (χ4n) is 4.59. The monoisotopic (exact) mass is 499 g/mol. The summed E-state index contributed by atoms with van der Waals surface area (Å²) in [6.45, 7) is 2.63. The van der Waals surface area contributed by atoms with E-state index in [1.165, 1.54) is 4.31 Å². The summed E-state index contributed by atoms with van der Waals surface area (Å²) in [5.41, 5.74) is 2.00. The fourth-order valence-corrected chi connectivity index (χ4v) is 6.17. The van der Waals surface area contributed by atoms with E-state index in [0.717, 1.165) is 5.56 Å². The van der Waals surface area contributed by atoms with Crippen molar-refractivity contribution in [3.63, 3.8) is 0 Å². The number of nitrogens with zero attached hydrogens (tertiary/aromatic N) is 2. The fraction of sp³-hybridized carbons (Fsp3) is 0.462. The summed E-state index contributed by atoms with van der Waals surface area (Å²) in [6.07, 6.45) is 2.48. The lowest BCUT2D eigenvalue weighted by Crippen LogP contribution is -2.44. The standard InChI is InChI=1S/C26H33N3O5S/c30-25(27-24-13-5-4-12-23(24)26(31)28-15-17-34-18-16-28)22-11-6-14-29(20-22)35(32,33)19-7-10-21-8-2-1-3-9-21/h1-5,8-9,12-13,22H,6-7,10-11,14-20H2,(H,27,30)/t22-/m1/s1. The molecule has 0 saturated carbocycles. The molecule has 1 atom stereocenters. The molecule has 2 fully saturated rings. The molecule has 35 heavy (non-hydrogen) atoms. The van der Waals surface area contributed by atoms with Crippen molar-refractivity contribution in [2.45, 2.75) is 25.7 Å². The van der Waals surface area contributed by atoms with Gasteiger partial charge in [0.05, 0.1) is 36.1 Å². The Bertz CT molecular complexity index is 1120. The van der Waals surface area contributed by atoms with Crippen LogP contribution in [0.15, 0.2) is 54.6 Å². The van der Waals surface area contributed by atoms with Crippen LogP contribution < -0.4 is 5.32 Å². The Hall–Kier alpha value is -2.75. The first-order valence-corrected chi connectivity index (χ1v) is 13.8. The highest BCUT2D eigenvalue weighted by Crippen LogP contribution is 2.24. The number of para-hydroxylation sites is 1. The summed E-state index contributed by atoms with van der Waals surface area (Å²) in [5.74, 6) is -0.793. The van der Waals surface area contributed by atoms with Crippen molar-refractivity contribution < 1.29 is 22.7 Å². The first kappa shape index (κ1) is 25.3. The van der Waals surface area contributed by atoms with E-state index in [0.29, 0.717) is 69.8 Å². The number of rotatable bonds is 8. The SMILES string of the molecule is O=C(Nc1ccccc1C(=O)N1CCOCC1)[C@@H]1CCCN(S(=O)(=O)CCCc2ccccc2)C1. The van der Waals surface area contributed by atoms with Crippen molar-refractivity contribution in [3.8, 4) is 0 Å². The third kappa shape index (κ3) is 6.68. The number of benzene rings is 2. The summed E-state index contributed by atoms with van der Waals surface area (Å²) in [7, 11) is -3.45. The second-order valence-electron chi connectivity index (χ2n) is 9.04. The molecule has 2 heterocycles. The molecule has 2 saturated heterocycles. The molecule has 0 bridgehead atoms. The number of ether oxygens (including phenoxy) is 1. The van der Waals surface area contributed by atoms with Gasteiger partial charge in [0.1, 0.15) is 0 Å². The molecular formula is C26H33N3O5S. The van der Waals surface area contributed by atoms with Crippen LogP contribution in [-0.4, -0.2) is 74.6 Å². The minimum Gasteiger partial charge on any atom is -0.378 e. The maximum absolute atomic E-state index is 13.1. The van der Waals surface area contributed by atoms with E-state index in [2.05, 4.69) is 5.32 Å². The number of carbonyl (C=O) groups excluding carboxylic acids is 2. The number of piperidine rings is 1. The molecular weight excluding hydrogens is 466 g/mol. The normalized spacial score (nSPS) is 19.3. The average Bonchev–Trinajstić information content (AvgIpc) is 2.90. The highest BCUT2D eigenvalue weighted by molar-refractivity contribution is 7.89. The lowest BCUT2D eigenvalue weighted by molar-refractivity contribution is -0.120. The van der Waals surface area contributed by atoms with E-state index in [1.54, 1.807) is 29.2 Å². The van der Waals surface area contributed by atoms with Crippen LogP contribution in [0.3, 0.4) is 0 Å². The Labute approximate surface area is 207 Å². The van der Waals surface area contributed by atoms with Gasteiger partial charge in [-0.1, -0.05) is 42.5 Å². The van der Waals surface area contributed by atoms with Gasteiger partial charge in [0.2, 0.25) is 15.9 Å². The molecule has 0 aromatic heterocycles. The molecule has 2 aromatic carbocycles. The molecule has 2 aliphatic heterocycles. The Kier molecular flexibility index (Phi) is 8.54. The molecule has 2 aromatic rings. The smallest absolute Gasteiger partial charge is 0.256 e. The van der Waals surface area contributed by atoms with Gasteiger partial charge < -0.3 is 15.0 Å². The van der Waals surface area contributed by atoms with Gasteiger partial charge in [-0.05, 0) is 43.4 Å². The second-order valence-corrected chi connectivity index (χ2v) is 11.1. The predicted octanol–water partition coefficient (Wildman–Crippen LogP) is 2.77. The zero-order chi connectivity index (χ0) is 24.7. The van der Waals surface area contributed by atoms with Gasteiger partial charge in [0.15, 0.2) is 0 Å². The number of aryl methyl sites for hydroxylation is 1. The maximum Gasteiger partial charge on any atom is 0.256 e. The van der Waals surface area contributed by atoms with Gasteiger partial charge in [-0.25, -0.2) is 12.7 Å². The molecule has 9 heteroatoms. The Morgan fingerprint density at radius 1 is 0.971 bits per heavy atom. The summed E-state index contributed by atoms with van der Waals surface area (Å²) in [6, 6.07) is 16.8. The van der Waals surface area contributed by atoms with Crippen LogP contribution in [0.1, 0.15) is 35.2 Å². The minimum absolute atomic E-state index is 0.0626. The zero-order valence-electron chi connectivity index (χ0n) is 19.9. The van der Waals surface area contributed by atoms with Crippen LogP contribution >= 0.6 is 0 Å². The van der Waals surface area contributed by atoms with Crippen molar-refractivity contribution in [3.05, 3.63) is 65.7 Å². The highest BCUT2D eigenvalue weighted by atomic mass is 32.2. The average molecular weight is 500 g/mol. The van der Waals surface area contributed by atoms with Crippen LogP contribution in [0.25, 0.3) is 0 Å². The number of morpholine rings is 1. The van der Waals surface area contributed by atoms with E-state index in [9.17, 15) is 18.0 Å². The van der Waals surface area contributed by atoms with Gasteiger partial charge in [0, 0.05) is 26.2 Å². The number of nitrogens with one attached hydrogen (secondary N) is 1. The van der Waals surface area contributed by atoms with Crippen LogP contribution in [0.5, 0.6) is 0 Å². The van der Waals surface area contributed by atoms with Crippen molar-refractivity contribution in [2.24, 2.45) is 5.92 Å². The lowest BCUT2D eigenvalue weighted by Gasteiger charge is -2.31. The van der Waals surface area contributed by atoms with Gasteiger partial charge in [-0.15, -0.1) is 0 Å². The quantitative estimate of drug-likeness (QED) is 0.603. The van der Waals surface area contributed by atoms with Gasteiger partial charge in [0.25, 0.3) is 5.91 Å². The maximum atomic E-state index is 13.1. The largest absolute Gasteiger partial charge is 0.378 e. The first-order chi connectivity index (χ1) is 16.9. The molecule has 188 valence electrons. The van der Waals surface area contributed by atoms with Crippen LogP contribution in [0.2, 0.25) is 0 Å². The second kappa shape index (κ2) is 11.8. The molecule has 0 radical (unpaired) electrons. The van der Waals surface area contributed by atoms with Crippen molar-refractivity contribution >= 4 is 27.5 Å². The van der Waals surface area contributed by atoms with Gasteiger partial charge in [-0.3, -0.25) is 9.59 Å². The van der Waals surface area contributed by atoms with Crippen LogP contribution in [0, 0.1) is 5.92 Å². The van der Waals surface area contributed by atoms with Crippen molar-refractivity contribution in [1.82, 2.24) is 9.21 Å². The molecule has 0 aliphatic carbocycles. The number of hydrogen-bond donors (Lipinski definition) is 1. The number of amides is 2. The van der Waals surface area contributed by atoms with Gasteiger partial charge in [-0.2, -0.15) is 0 Å². The number of anilines is 1. The van der Waals surface area contributed by atoms with Crippen LogP contribution in [-0.2, 0) is 26.0 Å². The minimum atomic E-state index is -3.45. The van der Waals surface area contributed by atoms with Crippen LogP contribution in [0.4, 0.5) is 5.69 Å². The molecule has 8 nitrogen and oxygen atoms in total. The molecule has 2 amide bonds. The number of carbonyl (C=O) groups is 2. The van der Waals surface area contributed by atoms with Crippen molar-refractivity contribution in [1.29, 1.82) is 0 Å². The van der Waals surface area contributed by atoms with E-state index in [1.807, 2.05) is 30.3 Å². The first-order valence-electron chi connectivity index (χ1n) is 12.2. The highest BCUT2D eigenvalue weighted by Gasteiger charge is 2.32. The Morgan fingerprint density at radius 3 is 2.46 bits per heavy atom. The van der Waals surface area contributed by atoms with Crippen molar-refractivity contribution in [2.75, 3.05) is 50.5 Å². The third-order valence-electron chi connectivity index (χ3n) is 6.57. The molecule has 0 unspecified atom stereocenters. The summed E-state index contributed by atoms with van der Waals surface area (Å²) in [4.78, 5) is 27.8. The van der Waals surface area contributed by atoms with E-state index in [-0.39, 0.29) is 24.1 Å². The van der Waals surface area contributed by atoms with Gasteiger partial charge >= 0.3 is 0 Å². The summed E-state index contributed by atoms with van der Waals surface area (Å²) < 4.78 is 32.7. The van der Waals surface area contributed by atoms with E-state index in [4.69, 9.17) is 4.74 Å². The van der Waals surface area contributed by atoms with E-state index >= 15 is 0 Å². The molecule has 2 aliphatic rings. The molecule has 4 rings (SSSR count). The number of hydrogen-bond acceptors (Lipinski definition) is 5.